The second-order valence-electron chi connectivity index (χ2n) is 5.67. The Hall–Kier alpha value is -2.02. The second-order valence-corrected chi connectivity index (χ2v) is 8.29. The maximum Gasteiger partial charge on any atom is 0.282 e. The number of halogens is 3. The van der Waals surface area contributed by atoms with E-state index in [2.05, 4.69) is 57.9 Å². The Morgan fingerprint density at radius 3 is 2.61 bits per heavy atom. The van der Waals surface area contributed by atoms with E-state index < -0.39 is 0 Å². The zero-order valence-electron chi connectivity index (χ0n) is 14.6. The van der Waals surface area contributed by atoms with Gasteiger partial charge in [0, 0.05) is 10.9 Å². The molecular weight excluding hydrogens is 556 g/mol. The standard InChI is InChI=1S/C19H13Br3N4O2/c1-2-17-25-16-4-3-12(20)9-13(16)19(27)26(17)24-10-11-7-14(21)18(15(22)8-11)28-6-5-23/h3-4,7-10H,2,6H2,1H3. The smallest absolute Gasteiger partial charge is 0.282 e. The molecule has 0 bridgehead atoms. The van der Waals surface area contributed by atoms with E-state index in [1.54, 1.807) is 24.4 Å². The Bertz CT molecular complexity index is 1160. The van der Waals surface area contributed by atoms with Crippen LogP contribution in [0.2, 0.25) is 0 Å². The van der Waals surface area contributed by atoms with Gasteiger partial charge in [-0.1, -0.05) is 22.9 Å². The van der Waals surface area contributed by atoms with Gasteiger partial charge in [0.25, 0.3) is 5.56 Å². The van der Waals surface area contributed by atoms with E-state index in [9.17, 15) is 4.79 Å². The van der Waals surface area contributed by atoms with E-state index in [-0.39, 0.29) is 12.2 Å². The van der Waals surface area contributed by atoms with E-state index >= 15 is 0 Å². The van der Waals surface area contributed by atoms with Crippen molar-refractivity contribution < 1.29 is 4.74 Å². The molecule has 0 N–H and O–H groups in total. The van der Waals surface area contributed by atoms with E-state index in [1.807, 2.05) is 25.1 Å². The third kappa shape index (κ3) is 4.35. The van der Waals surface area contributed by atoms with Gasteiger partial charge in [-0.25, -0.2) is 4.98 Å². The van der Waals surface area contributed by atoms with Crippen LogP contribution < -0.4 is 10.3 Å². The molecular formula is C19H13Br3N4O2. The Morgan fingerprint density at radius 1 is 1.25 bits per heavy atom. The lowest BCUT2D eigenvalue weighted by molar-refractivity contribution is 0.363. The minimum absolute atomic E-state index is 0.0573. The molecule has 2 aromatic carbocycles. The summed E-state index contributed by atoms with van der Waals surface area (Å²) in [5.41, 5.74) is 1.15. The van der Waals surface area contributed by atoms with Crippen LogP contribution in [0.4, 0.5) is 0 Å². The first kappa shape index (κ1) is 20.7. The Balaban J connectivity index is 2.05. The number of fused-ring (bicyclic) bond motifs is 1. The predicted molar refractivity (Wildman–Crippen MR) is 119 cm³/mol. The fraction of sp³-hybridized carbons (Fsp3) is 0.158. The number of hydrogen-bond acceptors (Lipinski definition) is 5. The van der Waals surface area contributed by atoms with Crippen LogP contribution in [-0.4, -0.2) is 22.5 Å². The van der Waals surface area contributed by atoms with Crippen LogP contribution in [0, 0.1) is 11.3 Å². The van der Waals surface area contributed by atoms with Gasteiger partial charge in [-0.15, -0.1) is 0 Å². The summed E-state index contributed by atoms with van der Waals surface area (Å²) in [6.45, 7) is 1.87. The summed E-state index contributed by atoms with van der Waals surface area (Å²) >= 11 is 10.2. The van der Waals surface area contributed by atoms with Crippen LogP contribution >= 0.6 is 47.8 Å². The first-order valence-electron chi connectivity index (χ1n) is 8.19. The Labute approximate surface area is 186 Å². The van der Waals surface area contributed by atoms with Crippen LogP contribution in [0.5, 0.6) is 5.75 Å². The molecule has 1 aromatic heterocycles. The normalized spacial score (nSPS) is 11.1. The third-order valence-electron chi connectivity index (χ3n) is 3.82. The van der Waals surface area contributed by atoms with Crippen molar-refractivity contribution in [3.63, 3.8) is 0 Å². The van der Waals surface area contributed by atoms with E-state index in [1.165, 1.54) is 4.68 Å². The number of ether oxygens (including phenoxy) is 1. The molecule has 9 heteroatoms. The molecule has 0 fully saturated rings. The van der Waals surface area contributed by atoms with E-state index in [4.69, 9.17) is 10.00 Å². The van der Waals surface area contributed by atoms with Crippen molar-refractivity contribution in [1.29, 1.82) is 5.26 Å². The van der Waals surface area contributed by atoms with E-state index in [0.717, 1.165) is 10.0 Å². The van der Waals surface area contributed by atoms with Crippen LogP contribution in [0.25, 0.3) is 10.9 Å². The number of aromatic nitrogens is 2. The summed E-state index contributed by atoms with van der Waals surface area (Å²) in [6, 6.07) is 10.9. The summed E-state index contributed by atoms with van der Waals surface area (Å²) in [4.78, 5) is 17.5. The molecule has 1 heterocycles. The molecule has 0 spiro atoms. The van der Waals surface area contributed by atoms with Crippen molar-refractivity contribution in [2.24, 2.45) is 5.10 Å². The van der Waals surface area contributed by atoms with Gasteiger partial charge in [0.05, 0.1) is 26.1 Å². The van der Waals surface area contributed by atoms with Crippen LogP contribution in [0.3, 0.4) is 0 Å². The number of benzene rings is 2. The molecule has 0 aliphatic carbocycles. The van der Waals surface area contributed by atoms with Crippen molar-refractivity contribution in [3.05, 3.63) is 65.5 Å². The maximum absolute atomic E-state index is 12.9. The SMILES string of the molecule is CCc1nc2ccc(Br)cc2c(=O)n1N=Cc1cc(Br)c(OCC#N)c(Br)c1. The second kappa shape index (κ2) is 8.99. The van der Waals surface area contributed by atoms with Crippen molar-refractivity contribution in [3.8, 4) is 11.8 Å². The molecule has 142 valence electrons. The molecule has 3 rings (SSSR count). The highest BCUT2D eigenvalue weighted by molar-refractivity contribution is 9.11. The highest BCUT2D eigenvalue weighted by Gasteiger charge is 2.11. The van der Waals surface area contributed by atoms with Crippen LogP contribution in [0.1, 0.15) is 18.3 Å². The fourth-order valence-electron chi connectivity index (χ4n) is 2.56. The monoisotopic (exact) mass is 566 g/mol. The van der Waals surface area contributed by atoms with Crippen molar-refractivity contribution in [2.75, 3.05) is 6.61 Å². The molecule has 28 heavy (non-hydrogen) atoms. The molecule has 0 aliphatic rings. The number of hydrogen-bond donors (Lipinski definition) is 0. The lowest BCUT2D eigenvalue weighted by Gasteiger charge is -2.09. The number of nitriles is 1. The number of aryl methyl sites for hydroxylation is 1. The van der Waals surface area contributed by atoms with Crippen LogP contribution in [-0.2, 0) is 6.42 Å². The lowest BCUT2D eigenvalue weighted by atomic mass is 10.2. The van der Waals surface area contributed by atoms with Crippen molar-refractivity contribution >= 4 is 64.9 Å². The first-order valence-corrected chi connectivity index (χ1v) is 10.6. The lowest BCUT2D eigenvalue weighted by Crippen LogP contribution is -2.22. The van der Waals surface area contributed by atoms with E-state index in [0.29, 0.717) is 37.8 Å². The quantitative estimate of drug-likeness (QED) is 0.404. The van der Waals surface area contributed by atoms with Gasteiger partial charge in [-0.2, -0.15) is 15.0 Å². The van der Waals surface area contributed by atoms with Gasteiger partial charge in [-0.05, 0) is 67.8 Å². The van der Waals surface area contributed by atoms with Gasteiger partial charge < -0.3 is 4.74 Å². The van der Waals surface area contributed by atoms with Gasteiger partial charge in [0.2, 0.25) is 0 Å². The molecule has 6 nitrogen and oxygen atoms in total. The summed E-state index contributed by atoms with van der Waals surface area (Å²) in [6.07, 6.45) is 2.14. The fourth-order valence-corrected chi connectivity index (χ4v) is 4.38. The van der Waals surface area contributed by atoms with Gasteiger partial charge >= 0.3 is 0 Å². The van der Waals surface area contributed by atoms with Crippen molar-refractivity contribution in [2.45, 2.75) is 13.3 Å². The summed E-state index contributed by atoms with van der Waals surface area (Å²) in [5.74, 6) is 1.10. The molecule has 0 unspecified atom stereocenters. The first-order chi connectivity index (χ1) is 13.4. The molecule has 3 aromatic rings. The summed E-state index contributed by atoms with van der Waals surface area (Å²) < 4.78 is 8.84. The average Bonchev–Trinajstić information content (AvgIpc) is 2.67. The highest BCUT2D eigenvalue weighted by Crippen LogP contribution is 2.34. The molecule has 0 radical (unpaired) electrons. The van der Waals surface area contributed by atoms with Gasteiger partial charge in [-0.3, -0.25) is 4.79 Å². The van der Waals surface area contributed by atoms with Crippen LogP contribution in [0.15, 0.2) is 53.6 Å². The van der Waals surface area contributed by atoms with Gasteiger partial charge in [0.1, 0.15) is 17.6 Å². The molecule has 0 saturated heterocycles. The predicted octanol–water partition coefficient (Wildman–Crippen LogP) is 5.03. The molecule has 0 saturated carbocycles. The maximum atomic E-state index is 12.9. The molecule has 0 amide bonds. The summed E-state index contributed by atoms with van der Waals surface area (Å²) in [5, 5.41) is 13.5. The topological polar surface area (TPSA) is 80.3 Å². The average molecular weight is 569 g/mol. The minimum atomic E-state index is -0.230. The zero-order chi connectivity index (χ0) is 20.3. The molecule has 0 atom stereocenters. The highest BCUT2D eigenvalue weighted by atomic mass is 79.9. The molecule has 0 aliphatic heterocycles. The Kier molecular flexibility index (Phi) is 6.65. The number of nitrogens with zero attached hydrogens (tertiary/aromatic N) is 4. The van der Waals surface area contributed by atoms with Gasteiger partial charge in [0.15, 0.2) is 6.61 Å². The van der Waals surface area contributed by atoms with Crippen molar-refractivity contribution in [1.82, 2.24) is 9.66 Å². The Morgan fingerprint density at radius 2 is 1.96 bits per heavy atom. The minimum Gasteiger partial charge on any atom is -0.476 e. The summed E-state index contributed by atoms with van der Waals surface area (Å²) in [7, 11) is 0. The number of rotatable bonds is 5. The largest absolute Gasteiger partial charge is 0.476 e. The zero-order valence-corrected chi connectivity index (χ0v) is 19.4. The third-order valence-corrected chi connectivity index (χ3v) is 5.49.